The van der Waals surface area contributed by atoms with Crippen LogP contribution in [0.3, 0.4) is 0 Å². The summed E-state index contributed by atoms with van der Waals surface area (Å²) in [5.74, 6) is -0.598. The second-order valence-corrected chi connectivity index (χ2v) is 5.19. The first-order chi connectivity index (χ1) is 11.5. The number of halogens is 2. The average Bonchev–Trinajstić information content (AvgIpc) is 2.57. The van der Waals surface area contributed by atoms with Gasteiger partial charge in [0.25, 0.3) is 0 Å². The lowest BCUT2D eigenvalue weighted by Crippen LogP contribution is -2.24. The van der Waals surface area contributed by atoms with Gasteiger partial charge in [-0.2, -0.15) is 5.26 Å². The molecule has 0 aliphatic carbocycles. The Morgan fingerprint density at radius 2 is 2.33 bits per heavy atom. The molecule has 2 rings (SSSR count). The summed E-state index contributed by atoms with van der Waals surface area (Å²) in [5, 5.41) is 19.9. The zero-order chi connectivity index (χ0) is 17.5. The topological polar surface area (TPSA) is 95.2 Å². The van der Waals surface area contributed by atoms with Crippen LogP contribution in [0.4, 0.5) is 9.18 Å². The summed E-state index contributed by atoms with van der Waals surface area (Å²) in [5.41, 5.74) is 0.686. The van der Waals surface area contributed by atoms with E-state index in [9.17, 15) is 9.18 Å². The van der Waals surface area contributed by atoms with Crippen molar-refractivity contribution in [3.8, 4) is 11.8 Å². The molecule has 1 amide bonds. The molecule has 2 N–H and O–H groups in total. The number of pyridine rings is 1. The predicted molar refractivity (Wildman–Crippen MR) is 84.4 cm³/mol. The van der Waals surface area contributed by atoms with Gasteiger partial charge >= 0.3 is 6.09 Å². The third-order valence-electron chi connectivity index (χ3n) is 3.15. The first kappa shape index (κ1) is 17.5. The minimum absolute atomic E-state index is 0.00279. The normalized spacial score (nSPS) is 11.4. The van der Waals surface area contributed by atoms with Crippen molar-refractivity contribution in [2.24, 2.45) is 0 Å². The second kappa shape index (κ2) is 8.13. The molecule has 0 spiro atoms. The van der Waals surface area contributed by atoms with Crippen molar-refractivity contribution in [1.82, 2.24) is 10.3 Å². The predicted octanol–water partition coefficient (Wildman–Crippen LogP) is 3.52. The molecule has 124 valence electrons. The minimum atomic E-state index is -1.15. The van der Waals surface area contributed by atoms with E-state index in [0.29, 0.717) is 5.56 Å². The Bertz CT molecular complexity index is 765. The van der Waals surface area contributed by atoms with Crippen LogP contribution in [-0.4, -0.2) is 22.7 Å². The SMILES string of the molecule is N#Cc1cc(F)c(Cl)cc1OC(CCNC(=O)O)c1cccnc1. The van der Waals surface area contributed by atoms with Crippen LogP contribution < -0.4 is 10.1 Å². The molecular weight excluding hydrogens is 337 g/mol. The van der Waals surface area contributed by atoms with E-state index < -0.39 is 18.0 Å². The van der Waals surface area contributed by atoms with Crippen LogP contribution >= 0.6 is 11.6 Å². The van der Waals surface area contributed by atoms with Crippen LogP contribution in [0.25, 0.3) is 0 Å². The number of carboxylic acid groups (broad SMARTS) is 1. The number of amides is 1. The Balaban J connectivity index is 2.27. The van der Waals surface area contributed by atoms with E-state index >= 15 is 0 Å². The van der Waals surface area contributed by atoms with Crippen molar-refractivity contribution in [2.45, 2.75) is 12.5 Å². The zero-order valence-electron chi connectivity index (χ0n) is 12.4. The van der Waals surface area contributed by atoms with Gasteiger partial charge in [-0.05, 0) is 12.1 Å². The summed E-state index contributed by atoms with van der Waals surface area (Å²) in [4.78, 5) is 14.6. The fourth-order valence-corrected chi connectivity index (χ4v) is 2.19. The maximum atomic E-state index is 13.5. The molecule has 1 atom stereocenters. The number of aromatic nitrogens is 1. The van der Waals surface area contributed by atoms with Gasteiger partial charge in [0.05, 0.1) is 10.6 Å². The summed E-state index contributed by atoms with van der Waals surface area (Å²) >= 11 is 5.75. The smallest absolute Gasteiger partial charge is 0.404 e. The van der Waals surface area contributed by atoms with E-state index in [2.05, 4.69) is 10.3 Å². The van der Waals surface area contributed by atoms with Crippen molar-refractivity contribution in [3.05, 3.63) is 58.6 Å². The van der Waals surface area contributed by atoms with Gasteiger partial charge in [-0.25, -0.2) is 9.18 Å². The number of hydrogen-bond donors (Lipinski definition) is 2. The number of rotatable bonds is 6. The summed E-state index contributed by atoms with van der Waals surface area (Å²) in [7, 11) is 0. The van der Waals surface area contributed by atoms with Crippen molar-refractivity contribution in [1.29, 1.82) is 5.26 Å². The summed E-state index contributed by atoms with van der Waals surface area (Å²) in [6.45, 7) is 0.131. The van der Waals surface area contributed by atoms with E-state index in [-0.39, 0.29) is 29.3 Å². The molecule has 1 heterocycles. The summed E-state index contributed by atoms with van der Waals surface area (Å²) in [6.07, 6.45) is 1.72. The first-order valence-corrected chi connectivity index (χ1v) is 7.31. The van der Waals surface area contributed by atoms with Gasteiger partial charge in [0.2, 0.25) is 0 Å². The molecule has 6 nitrogen and oxygen atoms in total. The molecule has 0 bridgehead atoms. The number of nitrogens with zero attached hydrogens (tertiary/aromatic N) is 2. The third-order valence-corrected chi connectivity index (χ3v) is 3.44. The number of nitrogens with one attached hydrogen (secondary N) is 1. The van der Waals surface area contributed by atoms with Gasteiger partial charge in [-0.1, -0.05) is 17.7 Å². The summed E-state index contributed by atoms with van der Waals surface area (Å²) < 4.78 is 19.3. The number of nitriles is 1. The number of hydrogen-bond acceptors (Lipinski definition) is 4. The lowest BCUT2D eigenvalue weighted by atomic mass is 10.1. The fraction of sp³-hybridized carbons (Fsp3) is 0.188. The van der Waals surface area contributed by atoms with Crippen LogP contribution in [0.2, 0.25) is 5.02 Å². The van der Waals surface area contributed by atoms with Crippen molar-refractivity contribution in [2.75, 3.05) is 6.54 Å². The standard InChI is InChI=1S/C16H13ClFN3O3/c17-12-7-15(11(8-19)6-13(12)18)24-14(3-5-21-16(22)23)10-2-1-4-20-9-10/h1-2,4,6-7,9,14,21H,3,5H2,(H,22,23). The maximum Gasteiger partial charge on any atom is 0.404 e. The van der Waals surface area contributed by atoms with Gasteiger partial charge in [-0.3, -0.25) is 4.98 Å². The highest BCUT2D eigenvalue weighted by molar-refractivity contribution is 6.30. The molecule has 1 aromatic carbocycles. The van der Waals surface area contributed by atoms with Crippen molar-refractivity contribution >= 4 is 17.7 Å². The van der Waals surface area contributed by atoms with Gasteiger partial charge < -0.3 is 15.2 Å². The van der Waals surface area contributed by atoms with Crippen molar-refractivity contribution in [3.63, 3.8) is 0 Å². The molecule has 0 fully saturated rings. The largest absolute Gasteiger partial charge is 0.484 e. The minimum Gasteiger partial charge on any atom is -0.484 e. The lowest BCUT2D eigenvalue weighted by Gasteiger charge is -2.20. The Morgan fingerprint density at radius 1 is 1.54 bits per heavy atom. The van der Waals surface area contributed by atoms with Gasteiger partial charge in [-0.15, -0.1) is 0 Å². The average molecular weight is 350 g/mol. The highest BCUT2D eigenvalue weighted by Gasteiger charge is 2.18. The monoisotopic (exact) mass is 349 g/mol. The molecule has 2 aromatic rings. The molecule has 0 saturated carbocycles. The van der Waals surface area contributed by atoms with E-state index in [0.717, 1.165) is 6.07 Å². The molecule has 1 aromatic heterocycles. The molecular formula is C16H13ClFN3O3. The zero-order valence-corrected chi connectivity index (χ0v) is 13.1. The Hall–Kier alpha value is -2.85. The Morgan fingerprint density at radius 3 is 2.96 bits per heavy atom. The third kappa shape index (κ3) is 4.57. The first-order valence-electron chi connectivity index (χ1n) is 6.93. The lowest BCUT2D eigenvalue weighted by molar-refractivity contribution is 0.179. The van der Waals surface area contributed by atoms with Crippen LogP contribution in [0.5, 0.6) is 5.75 Å². The van der Waals surface area contributed by atoms with Crippen LogP contribution in [-0.2, 0) is 0 Å². The number of ether oxygens (including phenoxy) is 1. The molecule has 8 heteroatoms. The number of carbonyl (C=O) groups is 1. The molecule has 0 radical (unpaired) electrons. The van der Waals surface area contributed by atoms with E-state index in [4.69, 9.17) is 26.7 Å². The fourth-order valence-electron chi connectivity index (χ4n) is 2.04. The second-order valence-electron chi connectivity index (χ2n) is 4.79. The van der Waals surface area contributed by atoms with Crippen LogP contribution in [0.15, 0.2) is 36.7 Å². The number of benzene rings is 1. The van der Waals surface area contributed by atoms with Gasteiger partial charge in [0, 0.05) is 37.0 Å². The van der Waals surface area contributed by atoms with Gasteiger partial charge in [0.1, 0.15) is 23.7 Å². The molecule has 0 aliphatic rings. The van der Waals surface area contributed by atoms with Crippen LogP contribution in [0.1, 0.15) is 23.7 Å². The molecule has 0 aliphatic heterocycles. The summed E-state index contributed by atoms with van der Waals surface area (Å²) in [6, 6.07) is 7.53. The molecule has 24 heavy (non-hydrogen) atoms. The van der Waals surface area contributed by atoms with Gasteiger partial charge in [0.15, 0.2) is 0 Å². The Kier molecular flexibility index (Phi) is 5.93. The highest BCUT2D eigenvalue weighted by Crippen LogP contribution is 2.31. The van der Waals surface area contributed by atoms with E-state index in [1.165, 1.54) is 6.07 Å². The van der Waals surface area contributed by atoms with Crippen molar-refractivity contribution < 1.29 is 19.0 Å². The van der Waals surface area contributed by atoms with Crippen LogP contribution in [0, 0.1) is 17.1 Å². The highest BCUT2D eigenvalue weighted by atomic mass is 35.5. The maximum absolute atomic E-state index is 13.5. The molecule has 1 unspecified atom stereocenters. The van der Waals surface area contributed by atoms with E-state index in [1.807, 2.05) is 6.07 Å². The quantitative estimate of drug-likeness (QED) is 0.831. The Labute approximate surface area is 142 Å². The van der Waals surface area contributed by atoms with E-state index in [1.54, 1.807) is 24.5 Å². The molecule has 0 saturated heterocycles.